The molecule has 0 aliphatic heterocycles. The van der Waals surface area contributed by atoms with Crippen molar-refractivity contribution < 1.29 is 5.11 Å². The lowest BCUT2D eigenvalue weighted by atomic mass is 10.0. The Morgan fingerprint density at radius 3 is 2.48 bits per heavy atom. The maximum absolute atomic E-state index is 12.0. The largest absolute Gasteiger partial charge is 0.387 e. The molecule has 4 aromatic rings. The van der Waals surface area contributed by atoms with Crippen LogP contribution in [-0.4, -0.2) is 14.7 Å². The number of hydrogen-bond acceptors (Lipinski definition) is 5. The van der Waals surface area contributed by atoms with E-state index in [-0.39, 0.29) is 5.69 Å². The number of hydrogen-bond donors (Lipinski definition) is 1. The van der Waals surface area contributed by atoms with E-state index in [4.69, 9.17) is 0 Å². The molecule has 1 N–H and O–H groups in total. The fourth-order valence-corrected chi connectivity index (χ4v) is 3.51. The summed E-state index contributed by atoms with van der Waals surface area (Å²) in [7, 11) is 0. The van der Waals surface area contributed by atoms with Crippen LogP contribution in [0.2, 0.25) is 0 Å². The van der Waals surface area contributed by atoms with Crippen molar-refractivity contribution in [3.63, 3.8) is 0 Å². The Bertz CT molecular complexity index is 1260. The van der Waals surface area contributed by atoms with E-state index >= 15 is 0 Å². The third kappa shape index (κ3) is 4.49. The summed E-state index contributed by atoms with van der Waals surface area (Å²) in [5.41, 5.74) is 4.57. The molecule has 0 fully saturated rings. The monoisotopic (exact) mass is 411 g/mol. The lowest BCUT2D eigenvalue weighted by Gasteiger charge is -2.17. The minimum Gasteiger partial charge on any atom is -0.387 e. The van der Waals surface area contributed by atoms with Gasteiger partial charge in [-0.3, -0.25) is 9.78 Å². The van der Waals surface area contributed by atoms with E-state index in [0.717, 1.165) is 34.5 Å². The van der Waals surface area contributed by atoms with Crippen molar-refractivity contribution in [3.05, 3.63) is 117 Å². The molecule has 0 radical (unpaired) electrons. The molecule has 2 aromatic heterocycles. The summed E-state index contributed by atoms with van der Waals surface area (Å²) in [6.07, 6.45) is 3.03. The van der Waals surface area contributed by atoms with Crippen LogP contribution >= 0.6 is 0 Å². The number of nitrogens with zero attached hydrogens (tertiary/aromatic N) is 3. The zero-order chi connectivity index (χ0) is 21.8. The predicted molar refractivity (Wildman–Crippen MR) is 121 cm³/mol. The van der Waals surface area contributed by atoms with Crippen LogP contribution in [0.1, 0.15) is 30.0 Å². The molecule has 6 nitrogen and oxygen atoms in total. The molecule has 0 saturated heterocycles. The minimum absolute atomic E-state index is 0.200. The Kier molecular flexibility index (Phi) is 5.82. The van der Waals surface area contributed by atoms with Gasteiger partial charge in [-0.25, -0.2) is 0 Å². The maximum Gasteiger partial charge on any atom is 0.211 e. The predicted octanol–water partition coefficient (Wildman–Crippen LogP) is 4.94. The van der Waals surface area contributed by atoms with Gasteiger partial charge in [0, 0.05) is 36.3 Å². The molecule has 0 amide bonds. The highest BCUT2D eigenvalue weighted by Crippen LogP contribution is 2.26. The summed E-state index contributed by atoms with van der Waals surface area (Å²) in [5.74, 6) is 0. The second-order valence-corrected chi connectivity index (χ2v) is 7.33. The van der Waals surface area contributed by atoms with Gasteiger partial charge in [0.05, 0.1) is 11.8 Å². The van der Waals surface area contributed by atoms with Crippen molar-refractivity contribution in [2.45, 2.75) is 19.4 Å². The van der Waals surface area contributed by atoms with E-state index in [2.05, 4.69) is 34.4 Å². The van der Waals surface area contributed by atoms with Gasteiger partial charge < -0.3 is 9.67 Å². The van der Waals surface area contributed by atoms with Crippen molar-refractivity contribution in [2.24, 2.45) is 5.18 Å². The Morgan fingerprint density at radius 2 is 1.81 bits per heavy atom. The molecule has 154 valence electrons. The molecule has 0 saturated carbocycles. The Morgan fingerprint density at radius 1 is 1.00 bits per heavy atom. The molecule has 0 aliphatic rings. The average molecular weight is 411 g/mol. The molecule has 1 atom stereocenters. The molecular formula is C25H21N3O3. The highest BCUT2D eigenvalue weighted by Gasteiger charge is 2.13. The minimum atomic E-state index is -0.886. The summed E-state index contributed by atoms with van der Waals surface area (Å²) in [6.45, 7) is 1.57. The third-order valence-electron chi connectivity index (χ3n) is 5.11. The highest BCUT2D eigenvalue weighted by atomic mass is 16.3. The van der Waals surface area contributed by atoms with E-state index in [0.29, 0.717) is 5.69 Å². The van der Waals surface area contributed by atoms with Crippen molar-refractivity contribution in [2.75, 3.05) is 0 Å². The second-order valence-electron chi connectivity index (χ2n) is 7.33. The summed E-state index contributed by atoms with van der Waals surface area (Å²) in [5, 5.41) is 12.9. The molecule has 31 heavy (non-hydrogen) atoms. The standard InChI is InChI=1S/C25H21N3O3/c1-17(29)24-15-25(30)23(27-31)16-28(24)22-7-4-5-20(14-22)19-10-8-18(9-11-19)13-21-6-2-3-12-26-21/h2-12,14-17,29H,13H2,1H3. The smallest absolute Gasteiger partial charge is 0.211 e. The Hall–Kier alpha value is -3.90. The quantitative estimate of drug-likeness (QED) is 0.455. The van der Waals surface area contributed by atoms with Crippen LogP contribution in [-0.2, 0) is 6.42 Å². The van der Waals surface area contributed by atoms with Crippen LogP contribution in [0, 0.1) is 4.91 Å². The molecule has 2 aromatic carbocycles. The first kappa shape index (κ1) is 20.4. The average Bonchev–Trinajstić information content (AvgIpc) is 2.80. The Labute approximate surface area is 179 Å². The van der Waals surface area contributed by atoms with Crippen LogP contribution in [0.3, 0.4) is 0 Å². The van der Waals surface area contributed by atoms with Crippen LogP contribution in [0.4, 0.5) is 5.69 Å². The van der Waals surface area contributed by atoms with E-state index in [1.54, 1.807) is 17.7 Å². The summed E-state index contributed by atoms with van der Waals surface area (Å²) in [6, 6.07) is 23.1. The number of aliphatic hydroxyl groups is 1. The number of aliphatic hydroxyl groups excluding tert-OH is 1. The SMILES string of the molecule is CC(O)c1cc(=O)c(N=O)cn1-c1cccc(-c2ccc(Cc3ccccn3)cc2)c1. The third-order valence-corrected chi connectivity index (χ3v) is 5.11. The van der Waals surface area contributed by atoms with E-state index in [1.165, 1.54) is 12.3 Å². The summed E-state index contributed by atoms with van der Waals surface area (Å²) >= 11 is 0. The first-order valence-electron chi connectivity index (χ1n) is 9.93. The lowest BCUT2D eigenvalue weighted by molar-refractivity contribution is 0.191. The van der Waals surface area contributed by atoms with Gasteiger partial charge in [-0.15, -0.1) is 4.91 Å². The Balaban J connectivity index is 1.68. The normalized spacial score (nSPS) is 11.8. The zero-order valence-corrected chi connectivity index (χ0v) is 17.0. The van der Waals surface area contributed by atoms with Crippen molar-refractivity contribution >= 4 is 5.69 Å². The van der Waals surface area contributed by atoms with Crippen LogP contribution in [0.5, 0.6) is 0 Å². The molecule has 0 bridgehead atoms. The molecule has 6 heteroatoms. The fourth-order valence-electron chi connectivity index (χ4n) is 3.51. The fraction of sp³-hybridized carbons (Fsp3) is 0.120. The number of pyridine rings is 2. The molecule has 0 spiro atoms. The molecule has 4 rings (SSSR count). The van der Waals surface area contributed by atoms with Crippen LogP contribution < -0.4 is 5.43 Å². The number of rotatable bonds is 6. The number of aromatic nitrogens is 2. The van der Waals surface area contributed by atoms with Crippen LogP contribution in [0.25, 0.3) is 16.8 Å². The van der Waals surface area contributed by atoms with E-state index in [1.807, 2.05) is 42.5 Å². The highest BCUT2D eigenvalue weighted by molar-refractivity contribution is 5.66. The van der Waals surface area contributed by atoms with Gasteiger partial charge in [0.15, 0.2) is 5.69 Å². The molecule has 1 unspecified atom stereocenters. The molecular weight excluding hydrogens is 390 g/mol. The van der Waals surface area contributed by atoms with Crippen molar-refractivity contribution in [1.82, 2.24) is 9.55 Å². The lowest BCUT2D eigenvalue weighted by Crippen LogP contribution is -2.13. The number of benzene rings is 2. The van der Waals surface area contributed by atoms with Crippen LogP contribution in [0.15, 0.2) is 95.2 Å². The maximum atomic E-state index is 12.0. The van der Waals surface area contributed by atoms with Gasteiger partial charge in [0.2, 0.25) is 5.43 Å². The van der Waals surface area contributed by atoms with E-state index in [9.17, 15) is 14.8 Å². The van der Waals surface area contributed by atoms with Gasteiger partial charge in [-0.05, 0) is 53.1 Å². The molecule has 2 heterocycles. The topological polar surface area (TPSA) is 84.5 Å². The van der Waals surface area contributed by atoms with Crippen molar-refractivity contribution in [1.29, 1.82) is 0 Å². The molecule has 0 aliphatic carbocycles. The summed E-state index contributed by atoms with van der Waals surface area (Å²) < 4.78 is 1.63. The number of nitroso groups, excluding NO2 is 1. The second kappa shape index (κ2) is 8.85. The van der Waals surface area contributed by atoms with Gasteiger partial charge in [-0.1, -0.05) is 42.5 Å². The van der Waals surface area contributed by atoms with Gasteiger partial charge >= 0.3 is 0 Å². The van der Waals surface area contributed by atoms with Gasteiger partial charge in [0.1, 0.15) is 0 Å². The van der Waals surface area contributed by atoms with Gasteiger partial charge in [-0.2, -0.15) is 0 Å². The van der Waals surface area contributed by atoms with Gasteiger partial charge in [0.25, 0.3) is 0 Å². The zero-order valence-electron chi connectivity index (χ0n) is 17.0. The first-order chi connectivity index (χ1) is 15.0. The van der Waals surface area contributed by atoms with E-state index < -0.39 is 11.5 Å². The van der Waals surface area contributed by atoms with Crippen molar-refractivity contribution in [3.8, 4) is 16.8 Å². The summed E-state index contributed by atoms with van der Waals surface area (Å²) in [4.78, 5) is 27.4. The first-order valence-corrected chi connectivity index (χ1v) is 9.93.